The highest BCUT2D eigenvalue weighted by atomic mass is 16.1. The van der Waals surface area contributed by atoms with Gasteiger partial charge in [-0.15, -0.1) is 0 Å². The zero-order valence-electron chi connectivity index (χ0n) is 8.49. The Balaban J connectivity index is 1.76. The summed E-state index contributed by atoms with van der Waals surface area (Å²) in [5.41, 5.74) is 0.595. The maximum atomic E-state index is 10.5. The number of likely N-dealkylation sites (tertiary alicyclic amines) is 1. The van der Waals surface area contributed by atoms with E-state index in [4.69, 9.17) is 0 Å². The number of amides is 1. The number of rotatable bonds is 3. The fraction of sp³-hybridized carbons (Fsp3) is 0.900. The largest absolute Gasteiger partial charge is 0.345 e. The molecule has 2 rings (SSSR count). The summed E-state index contributed by atoms with van der Waals surface area (Å²) in [5, 5.41) is 0. The summed E-state index contributed by atoms with van der Waals surface area (Å²) in [6.07, 6.45) is 3.39. The van der Waals surface area contributed by atoms with Gasteiger partial charge < -0.3 is 9.80 Å². The van der Waals surface area contributed by atoms with Crippen LogP contribution < -0.4 is 0 Å². The SMILES string of the molecule is CCN1CC2(CC(N(C)C=O)C2)C1. The molecule has 1 amide bonds. The van der Waals surface area contributed by atoms with Gasteiger partial charge in [-0.2, -0.15) is 0 Å². The molecule has 1 saturated heterocycles. The van der Waals surface area contributed by atoms with E-state index in [1.165, 1.54) is 32.5 Å². The van der Waals surface area contributed by atoms with E-state index < -0.39 is 0 Å². The summed E-state index contributed by atoms with van der Waals surface area (Å²) < 4.78 is 0. The van der Waals surface area contributed by atoms with E-state index >= 15 is 0 Å². The van der Waals surface area contributed by atoms with Crippen LogP contribution >= 0.6 is 0 Å². The molecule has 1 spiro atoms. The quantitative estimate of drug-likeness (QED) is 0.595. The fourth-order valence-electron chi connectivity index (χ4n) is 2.70. The monoisotopic (exact) mass is 182 g/mol. The van der Waals surface area contributed by atoms with Crippen LogP contribution in [0.3, 0.4) is 0 Å². The summed E-state index contributed by atoms with van der Waals surface area (Å²) in [6, 6.07) is 0.525. The predicted molar refractivity (Wildman–Crippen MR) is 51.4 cm³/mol. The van der Waals surface area contributed by atoms with E-state index in [2.05, 4.69) is 11.8 Å². The van der Waals surface area contributed by atoms with E-state index in [0.717, 1.165) is 6.41 Å². The van der Waals surface area contributed by atoms with Crippen LogP contribution in [-0.2, 0) is 4.79 Å². The van der Waals surface area contributed by atoms with Gasteiger partial charge in [0, 0.05) is 26.2 Å². The second kappa shape index (κ2) is 2.98. The second-order valence-electron chi connectivity index (χ2n) is 4.64. The maximum absolute atomic E-state index is 10.5. The third-order valence-electron chi connectivity index (χ3n) is 3.64. The molecule has 0 aromatic heterocycles. The molecule has 0 N–H and O–H groups in total. The average Bonchev–Trinajstić information content (AvgIpc) is 1.99. The van der Waals surface area contributed by atoms with Crippen LogP contribution in [0.15, 0.2) is 0 Å². The lowest BCUT2D eigenvalue weighted by Crippen LogP contribution is -2.65. The van der Waals surface area contributed by atoms with E-state index in [9.17, 15) is 4.79 Å². The number of hydrogen-bond donors (Lipinski definition) is 0. The Morgan fingerprint density at radius 1 is 1.54 bits per heavy atom. The van der Waals surface area contributed by atoms with Crippen molar-refractivity contribution in [2.24, 2.45) is 5.41 Å². The Bertz CT molecular complexity index is 203. The third-order valence-corrected chi connectivity index (χ3v) is 3.64. The first-order valence-electron chi connectivity index (χ1n) is 5.09. The van der Waals surface area contributed by atoms with Gasteiger partial charge in [-0.3, -0.25) is 4.79 Å². The standard InChI is InChI=1S/C10H18N2O/c1-3-12-6-10(7-12)4-9(5-10)11(2)8-13/h8-9H,3-7H2,1-2H3. The van der Waals surface area contributed by atoms with Crippen LogP contribution in [-0.4, -0.2) is 48.9 Å². The number of carbonyl (C=O) groups is 1. The van der Waals surface area contributed by atoms with Gasteiger partial charge in [0.2, 0.25) is 6.41 Å². The Kier molecular flexibility index (Phi) is 2.06. The van der Waals surface area contributed by atoms with Crippen molar-refractivity contribution in [1.29, 1.82) is 0 Å². The first-order chi connectivity index (χ1) is 6.19. The minimum Gasteiger partial charge on any atom is -0.345 e. The molecule has 0 radical (unpaired) electrons. The molecule has 74 valence electrons. The summed E-state index contributed by atoms with van der Waals surface area (Å²) in [4.78, 5) is 14.8. The van der Waals surface area contributed by atoms with Crippen LogP contribution in [0, 0.1) is 5.41 Å². The Morgan fingerprint density at radius 3 is 2.62 bits per heavy atom. The van der Waals surface area contributed by atoms with Crippen LogP contribution in [0.1, 0.15) is 19.8 Å². The third kappa shape index (κ3) is 1.35. The van der Waals surface area contributed by atoms with Crippen molar-refractivity contribution in [2.75, 3.05) is 26.7 Å². The molecular weight excluding hydrogens is 164 g/mol. The van der Waals surface area contributed by atoms with E-state index in [-0.39, 0.29) is 0 Å². The summed E-state index contributed by atoms with van der Waals surface area (Å²) in [7, 11) is 1.89. The zero-order chi connectivity index (χ0) is 9.47. The van der Waals surface area contributed by atoms with E-state index in [1.807, 2.05) is 11.9 Å². The molecule has 3 heteroatoms. The molecular formula is C10H18N2O. The fourth-order valence-corrected chi connectivity index (χ4v) is 2.70. The lowest BCUT2D eigenvalue weighted by molar-refractivity contribution is -0.133. The molecule has 0 aromatic carbocycles. The van der Waals surface area contributed by atoms with Gasteiger partial charge >= 0.3 is 0 Å². The molecule has 0 bridgehead atoms. The van der Waals surface area contributed by atoms with Crippen molar-refractivity contribution in [1.82, 2.24) is 9.80 Å². The van der Waals surface area contributed by atoms with Gasteiger partial charge in [0.15, 0.2) is 0 Å². The highest BCUT2D eigenvalue weighted by Gasteiger charge is 2.52. The van der Waals surface area contributed by atoms with Gasteiger partial charge in [-0.1, -0.05) is 6.92 Å². The smallest absolute Gasteiger partial charge is 0.209 e. The minimum atomic E-state index is 0.525. The van der Waals surface area contributed by atoms with Gasteiger partial charge in [0.25, 0.3) is 0 Å². The molecule has 13 heavy (non-hydrogen) atoms. The highest BCUT2D eigenvalue weighted by Crippen LogP contribution is 2.49. The van der Waals surface area contributed by atoms with Crippen LogP contribution in [0.25, 0.3) is 0 Å². The van der Waals surface area contributed by atoms with Gasteiger partial charge in [-0.05, 0) is 24.8 Å². The highest BCUT2D eigenvalue weighted by molar-refractivity contribution is 5.47. The molecule has 0 unspecified atom stereocenters. The number of carbonyl (C=O) groups excluding carboxylic acids is 1. The molecule has 1 aliphatic heterocycles. The van der Waals surface area contributed by atoms with Crippen LogP contribution in [0.5, 0.6) is 0 Å². The molecule has 1 saturated carbocycles. The first kappa shape index (κ1) is 9.00. The molecule has 3 nitrogen and oxygen atoms in total. The van der Waals surface area contributed by atoms with Gasteiger partial charge in [0.05, 0.1) is 0 Å². The summed E-state index contributed by atoms with van der Waals surface area (Å²) in [5.74, 6) is 0. The Labute approximate surface area is 79.7 Å². The number of nitrogens with zero attached hydrogens (tertiary/aromatic N) is 2. The van der Waals surface area contributed by atoms with E-state index in [1.54, 1.807) is 0 Å². The van der Waals surface area contributed by atoms with Crippen molar-refractivity contribution in [2.45, 2.75) is 25.8 Å². The van der Waals surface area contributed by atoms with Crippen LogP contribution in [0.2, 0.25) is 0 Å². The lowest BCUT2D eigenvalue weighted by Gasteiger charge is -2.60. The lowest BCUT2D eigenvalue weighted by atomic mass is 9.60. The van der Waals surface area contributed by atoms with Gasteiger partial charge in [-0.25, -0.2) is 0 Å². The molecule has 2 aliphatic rings. The first-order valence-corrected chi connectivity index (χ1v) is 5.09. The molecule has 2 fully saturated rings. The molecule has 1 heterocycles. The topological polar surface area (TPSA) is 23.6 Å². The minimum absolute atomic E-state index is 0.525. The summed E-state index contributed by atoms with van der Waals surface area (Å²) >= 11 is 0. The Morgan fingerprint density at radius 2 is 2.15 bits per heavy atom. The molecule has 0 aromatic rings. The zero-order valence-corrected chi connectivity index (χ0v) is 8.49. The molecule has 0 atom stereocenters. The predicted octanol–water partition coefficient (Wildman–Crippen LogP) is 0.559. The van der Waals surface area contributed by atoms with Crippen molar-refractivity contribution >= 4 is 6.41 Å². The normalized spacial score (nSPS) is 26.6. The second-order valence-corrected chi connectivity index (χ2v) is 4.64. The van der Waals surface area contributed by atoms with E-state index in [0.29, 0.717) is 11.5 Å². The van der Waals surface area contributed by atoms with Crippen molar-refractivity contribution < 1.29 is 4.79 Å². The van der Waals surface area contributed by atoms with Crippen molar-refractivity contribution in [3.63, 3.8) is 0 Å². The maximum Gasteiger partial charge on any atom is 0.209 e. The number of hydrogen-bond acceptors (Lipinski definition) is 2. The van der Waals surface area contributed by atoms with Crippen LogP contribution in [0.4, 0.5) is 0 Å². The Hall–Kier alpha value is -0.570. The van der Waals surface area contributed by atoms with Gasteiger partial charge in [0.1, 0.15) is 0 Å². The summed E-state index contributed by atoms with van der Waals surface area (Å²) in [6.45, 7) is 5.90. The van der Waals surface area contributed by atoms with Crippen molar-refractivity contribution in [3.05, 3.63) is 0 Å². The molecule has 1 aliphatic carbocycles. The average molecular weight is 182 g/mol. The van der Waals surface area contributed by atoms with Crippen molar-refractivity contribution in [3.8, 4) is 0 Å².